The molecule has 43 heavy (non-hydrogen) atoms. The second-order valence-corrected chi connectivity index (χ2v) is 14.1. The Kier molecular flexibility index (Phi) is 11.2. The van der Waals surface area contributed by atoms with Crippen molar-refractivity contribution in [1.29, 1.82) is 0 Å². The van der Waals surface area contributed by atoms with Crippen LogP contribution in [0, 0.1) is 13.8 Å². The van der Waals surface area contributed by atoms with Gasteiger partial charge in [0.15, 0.2) is 0 Å². The van der Waals surface area contributed by atoms with E-state index in [0.29, 0.717) is 21.3 Å². The van der Waals surface area contributed by atoms with Crippen LogP contribution in [0.15, 0.2) is 66.7 Å². The smallest absolute Gasteiger partial charge is 0.244 e. The summed E-state index contributed by atoms with van der Waals surface area (Å²) in [5, 5.41) is 3.90. The van der Waals surface area contributed by atoms with Gasteiger partial charge in [-0.1, -0.05) is 97.1 Å². The largest absolute Gasteiger partial charge is 0.352 e. The van der Waals surface area contributed by atoms with Gasteiger partial charge in [-0.05, 0) is 61.1 Å². The highest BCUT2D eigenvalue weighted by molar-refractivity contribution is 7.92. The van der Waals surface area contributed by atoms with Crippen LogP contribution in [0.5, 0.6) is 0 Å². The highest BCUT2D eigenvalue weighted by Crippen LogP contribution is 2.28. The van der Waals surface area contributed by atoms with Crippen molar-refractivity contribution < 1.29 is 18.0 Å². The molecule has 0 radical (unpaired) electrons. The summed E-state index contributed by atoms with van der Waals surface area (Å²) in [7, 11) is -3.86. The number of aryl methyl sites for hydroxylation is 2. The zero-order valence-electron chi connectivity index (χ0n) is 24.9. The van der Waals surface area contributed by atoms with Gasteiger partial charge in [-0.3, -0.25) is 13.9 Å². The second-order valence-electron chi connectivity index (χ2n) is 11.3. The number of hydrogen-bond acceptors (Lipinski definition) is 4. The number of anilines is 1. The van der Waals surface area contributed by atoms with Crippen LogP contribution in [0.3, 0.4) is 0 Å². The molecule has 3 aromatic carbocycles. The van der Waals surface area contributed by atoms with Gasteiger partial charge in [0.1, 0.15) is 12.6 Å². The Morgan fingerprint density at radius 3 is 2.14 bits per heavy atom. The molecular weight excluding hydrogens is 605 g/mol. The Bertz CT molecular complexity index is 1520. The molecule has 1 aliphatic rings. The van der Waals surface area contributed by atoms with Gasteiger partial charge in [-0.25, -0.2) is 8.42 Å². The zero-order valence-corrected chi connectivity index (χ0v) is 27.2. The minimum atomic E-state index is -3.86. The fourth-order valence-electron chi connectivity index (χ4n) is 5.71. The van der Waals surface area contributed by atoms with Crippen molar-refractivity contribution in [2.45, 2.75) is 71.0 Å². The molecule has 4 rings (SSSR count). The molecule has 0 aliphatic heterocycles. The molecule has 0 saturated heterocycles. The van der Waals surface area contributed by atoms with E-state index in [1.54, 1.807) is 18.2 Å². The molecule has 1 saturated carbocycles. The van der Waals surface area contributed by atoms with Crippen LogP contribution in [0.25, 0.3) is 0 Å². The monoisotopic (exact) mass is 643 g/mol. The van der Waals surface area contributed by atoms with Gasteiger partial charge in [0.2, 0.25) is 21.8 Å². The number of carbonyl (C=O) groups is 2. The van der Waals surface area contributed by atoms with Gasteiger partial charge in [0.05, 0.1) is 22.0 Å². The average molecular weight is 645 g/mol. The predicted molar refractivity (Wildman–Crippen MR) is 174 cm³/mol. The lowest BCUT2D eigenvalue weighted by atomic mass is 9.94. The standard InChI is InChI=1S/C33H39Cl2N3O4S/c1-23-11-10-12-24(2)32(23)38(43(3,41)42)22-31(39)37(21-26-17-18-28(34)29(35)19-26)30(20-25-13-6-4-7-14-25)33(40)36-27-15-8-5-9-16-27/h4,6-7,10-14,17-19,27,30H,5,8-9,15-16,20-22H2,1-3H3,(H,36,40)/t30-/m0/s1. The molecule has 230 valence electrons. The summed E-state index contributed by atoms with van der Waals surface area (Å²) in [6.07, 6.45) is 6.35. The molecule has 10 heteroatoms. The third kappa shape index (κ3) is 8.74. The first-order valence-electron chi connectivity index (χ1n) is 14.6. The SMILES string of the molecule is Cc1cccc(C)c1N(CC(=O)N(Cc1ccc(Cl)c(Cl)c1)[C@@H](Cc1ccccc1)C(=O)NC1CCCCC1)S(C)(=O)=O. The van der Waals surface area contributed by atoms with Gasteiger partial charge in [0, 0.05) is 19.0 Å². The molecule has 0 spiro atoms. The van der Waals surface area contributed by atoms with E-state index in [-0.39, 0.29) is 24.9 Å². The summed E-state index contributed by atoms with van der Waals surface area (Å²) in [5.41, 5.74) is 3.46. The van der Waals surface area contributed by atoms with Crippen LogP contribution in [0.4, 0.5) is 5.69 Å². The van der Waals surface area contributed by atoms with Crippen molar-refractivity contribution in [2.75, 3.05) is 17.1 Å². The van der Waals surface area contributed by atoms with E-state index in [1.807, 2.05) is 62.4 Å². The Hall–Kier alpha value is -3.07. The Morgan fingerprint density at radius 2 is 1.53 bits per heavy atom. The maximum Gasteiger partial charge on any atom is 0.244 e. The lowest BCUT2D eigenvalue weighted by Crippen LogP contribution is -2.55. The molecule has 0 bridgehead atoms. The third-order valence-electron chi connectivity index (χ3n) is 7.93. The van der Waals surface area contributed by atoms with Crippen LogP contribution in [-0.2, 0) is 32.6 Å². The first-order chi connectivity index (χ1) is 20.4. The van der Waals surface area contributed by atoms with Gasteiger partial charge in [0.25, 0.3) is 0 Å². The van der Waals surface area contributed by atoms with Gasteiger partial charge < -0.3 is 10.2 Å². The Labute approximate surface area is 265 Å². The number of carbonyl (C=O) groups excluding carboxylic acids is 2. The van der Waals surface area contributed by atoms with Gasteiger partial charge >= 0.3 is 0 Å². The fraction of sp³-hybridized carbons (Fsp3) is 0.394. The highest BCUT2D eigenvalue weighted by Gasteiger charge is 2.34. The number of nitrogens with zero attached hydrogens (tertiary/aromatic N) is 2. The predicted octanol–water partition coefficient (Wildman–Crippen LogP) is 6.47. The van der Waals surface area contributed by atoms with Crippen LogP contribution in [-0.4, -0.2) is 50.0 Å². The number of amides is 2. The summed E-state index contributed by atoms with van der Waals surface area (Å²) >= 11 is 12.5. The first-order valence-corrected chi connectivity index (χ1v) is 17.2. The summed E-state index contributed by atoms with van der Waals surface area (Å²) < 4.78 is 27.4. The molecule has 0 unspecified atom stereocenters. The summed E-state index contributed by atoms with van der Waals surface area (Å²) in [4.78, 5) is 29.9. The van der Waals surface area contributed by atoms with Crippen molar-refractivity contribution in [2.24, 2.45) is 0 Å². The van der Waals surface area contributed by atoms with Crippen molar-refractivity contribution in [3.63, 3.8) is 0 Å². The fourth-order valence-corrected chi connectivity index (χ4v) is 6.99. The molecule has 0 heterocycles. The number of rotatable bonds is 11. The van der Waals surface area contributed by atoms with Gasteiger partial charge in [-0.2, -0.15) is 0 Å². The number of hydrogen-bond donors (Lipinski definition) is 1. The summed E-state index contributed by atoms with van der Waals surface area (Å²) in [5.74, 6) is -0.763. The lowest BCUT2D eigenvalue weighted by molar-refractivity contribution is -0.140. The van der Waals surface area contributed by atoms with Crippen LogP contribution >= 0.6 is 23.2 Å². The van der Waals surface area contributed by atoms with E-state index in [2.05, 4.69) is 5.32 Å². The van der Waals surface area contributed by atoms with Crippen LogP contribution in [0.1, 0.15) is 54.4 Å². The van der Waals surface area contributed by atoms with E-state index in [4.69, 9.17) is 23.2 Å². The summed E-state index contributed by atoms with van der Waals surface area (Å²) in [6.45, 7) is 3.20. The maximum atomic E-state index is 14.4. The normalized spacial score (nSPS) is 14.6. The van der Waals surface area contributed by atoms with Crippen LogP contribution in [0.2, 0.25) is 10.0 Å². The molecule has 1 N–H and O–H groups in total. The van der Waals surface area contributed by atoms with Crippen molar-refractivity contribution in [3.05, 3.63) is 99.0 Å². The number of nitrogens with one attached hydrogen (secondary N) is 1. The number of benzene rings is 3. The van der Waals surface area contributed by atoms with E-state index in [0.717, 1.165) is 59.4 Å². The zero-order chi connectivity index (χ0) is 31.1. The van der Waals surface area contributed by atoms with Crippen LogP contribution < -0.4 is 9.62 Å². The molecule has 3 aromatic rings. The molecule has 2 amide bonds. The Morgan fingerprint density at radius 1 is 0.884 bits per heavy atom. The third-order valence-corrected chi connectivity index (χ3v) is 9.78. The van der Waals surface area contributed by atoms with Crippen molar-refractivity contribution in [1.82, 2.24) is 10.2 Å². The minimum absolute atomic E-state index is 0.0311. The van der Waals surface area contributed by atoms with E-state index in [9.17, 15) is 18.0 Å². The molecule has 0 aromatic heterocycles. The quantitative estimate of drug-likeness (QED) is 0.260. The lowest BCUT2D eigenvalue weighted by Gasteiger charge is -2.35. The van der Waals surface area contributed by atoms with E-state index in [1.165, 1.54) is 4.90 Å². The van der Waals surface area contributed by atoms with E-state index >= 15 is 0 Å². The van der Waals surface area contributed by atoms with Crippen molar-refractivity contribution >= 4 is 50.7 Å². The molecule has 7 nitrogen and oxygen atoms in total. The number of para-hydroxylation sites is 1. The molecule has 1 atom stereocenters. The molecular formula is C33H39Cl2N3O4S. The minimum Gasteiger partial charge on any atom is -0.352 e. The topological polar surface area (TPSA) is 86.8 Å². The summed E-state index contributed by atoms with van der Waals surface area (Å²) in [6, 6.07) is 19.2. The van der Waals surface area contributed by atoms with Crippen molar-refractivity contribution in [3.8, 4) is 0 Å². The highest BCUT2D eigenvalue weighted by atomic mass is 35.5. The molecule has 1 aliphatic carbocycles. The second kappa shape index (κ2) is 14.6. The first kappa shape index (κ1) is 32.8. The number of halogens is 2. The maximum absolute atomic E-state index is 14.4. The Balaban J connectivity index is 1.76. The molecule has 1 fully saturated rings. The van der Waals surface area contributed by atoms with Gasteiger partial charge in [-0.15, -0.1) is 0 Å². The number of sulfonamides is 1. The average Bonchev–Trinajstić information content (AvgIpc) is 2.96. The van der Waals surface area contributed by atoms with E-state index < -0.39 is 28.5 Å².